The first kappa shape index (κ1) is 17.8. The molecule has 134 valence electrons. The van der Waals surface area contributed by atoms with Gasteiger partial charge in [-0.2, -0.15) is 0 Å². The van der Waals surface area contributed by atoms with Gasteiger partial charge in [0.15, 0.2) is 0 Å². The smallest absolute Gasteiger partial charge is 0.0430 e. The molecule has 1 spiro atoms. The van der Waals surface area contributed by atoms with E-state index in [1.807, 2.05) is 0 Å². The Labute approximate surface area is 149 Å². The van der Waals surface area contributed by atoms with Gasteiger partial charge in [0.1, 0.15) is 0 Å². The van der Waals surface area contributed by atoms with Crippen LogP contribution in [0.2, 0.25) is 0 Å². The zero-order chi connectivity index (χ0) is 17.7. The summed E-state index contributed by atoms with van der Waals surface area (Å²) >= 11 is 0. The lowest BCUT2D eigenvalue weighted by Crippen LogP contribution is -2.58. The lowest BCUT2D eigenvalue weighted by atomic mass is 9.58. The van der Waals surface area contributed by atoms with E-state index < -0.39 is 0 Å². The fourth-order valence-electron chi connectivity index (χ4n) is 5.68. The summed E-state index contributed by atoms with van der Waals surface area (Å²) in [5.41, 5.74) is 6.59. The molecule has 0 N–H and O–H groups in total. The first-order valence-electron chi connectivity index (χ1n) is 10.0. The van der Waals surface area contributed by atoms with Crippen molar-refractivity contribution in [3.05, 3.63) is 28.8 Å². The van der Waals surface area contributed by atoms with Crippen LogP contribution < -0.4 is 4.90 Å². The molecule has 24 heavy (non-hydrogen) atoms. The van der Waals surface area contributed by atoms with E-state index in [9.17, 15) is 0 Å². The highest BCUT2D eigenvalue weighted by atomic mass is 15.2. The maximum atomic E-state index is 2.79. The Kier molecular flexibility index (Phi) is 4.51. The van der Waals surface area contributed by atoms with E-state index in [0.717, 1.165) is 11.8 Å². The molecule has 1 nitrogen and oxygen atoms in total. The molecule has 1 saturated carbocycles. The molecule has 1 aromatic carbocycles. The van der Waals surface area contributed by atoms with Gasteiger partial charge < -0.3 is 4.90 Å². The molecule has 3 atom stereocenters. The largest absolute Gasteiger partial charge is 0.365 e. The van der Waals surface area contributed by atoms with E-state index in [-0.39, 0.29) is 5.54 Å². The molecule has 1 heteroatoms. The SMILES string of the molecule is Cc1cc(C)c(N2CC3(CCC2(C)C)CC(C)CCC3C)c(C)c1. The number of aryl methyl sites for hydroxylation is 3. The van der Waals surface area contributed by atoms with Gasteiger partial charge >= 0.3 is 0 Å². The zero-order valence-electron chi connectivity index (χ0n) is 17.0. The van der Waals surface area contributed by atoms with Crippen molar-refractivity contribution >= 4 is 5.69 Å². The topological polar surface area (TPSA) is 3.24 Å². The van der Waals surface area contributed by atoms with Gasteiger partial charge in [-0.25, -0.2) is 0 Å². The van der Waals surface area contributed by atoms with Crippen molar-refractivity contribution in [2.75, 3.05) is 11.4 Å². The Morgan fingerprint density at radius 1 is 0.958 bits per heavy atom. The lowest BCUT2D eigenvalue weighted by Gasteiger charge is -2.57. The number of piperidine rings is 1. The van der Waals surface area contributed by atoms with Crippen LogP contribution in [0.5, 0.6) is 0 Å². The average Bonchev–Trinajstić information content (AvgIpc) is 2.46. The summed E-state index contributed by atoms with van der Waals surface area (Å²) in [4.78, 5) is 2.79. The maximum absolute atomic E-state index is 2.79. The predicted molar refractivity (Wildman–Crippen MR) is 106 cm³/mol. The Morgan fingerprint density at radius 2 is 1.58 bits per heavy atom. The van der Waals surface area contributed by atoms with Crippen molar-refractivity contribution in [1.29, 1.82) is 0 Å². The second kappa shape index (κ2) is 6.07. The van der Waals surface area contributed by atoms with Crippen LogP contribution in [0.25, 0.3) is 0 Å². The molecule has 0 amide bonds. The van der Waals surface area contributed by atoms with Gasteiger partial charge in [0.2, 0.25) is 0 Å². The Balaban J connectivity index is 2.02. The molecule has 1 aliphatic carbocycles. The maximum Gasteiger partial charge on any atom is 0.0430 e. The van der Waals surface area contributed by atoms with E-state index in [1.54, 1.807) is 0 Å². The monoisotopic (exact) mass is 327 g/mol. The minimum atomic E-state index is 0.260. The molecule has 0 aromatic heterocycles. The molecule has 1 heterocycles. The first-order valence-corrected chi connectivity index (χ1v) is 10.0. The minimum Gasteiger partial charge on any atom is -0.365 e. The number of benzene rings is 1. The van der Waals surface area contributed by atoms with Gasteiger partial charge in [-0.05, 0) is 88.7 Å². The molecule has 1 aromatic rings. The van der Waals surface area contributed by atoms with Crippen molar-refractivity contribution in [3.8, 4) is 0 Å². The molecular formula is C23H37N. The molecule has 1 saturated heterocycles. The second-order valence-electron chi connectivity index (χ2n) is 9.80. The van der Waals surface area contributed by atoms with Crippen LogP contribution in [0.1, 0.15) is 76.5 Å². The van der Waals surface area contributed by atoms with Crippen LogP contribution in [0.4, 0.5) is 5.69 Å². The fraction of sp³-hybridized carbons (Fsp3) is 0.739. The number of anilines is 1. The zero-order valence-corrected chi connectivity index (χ0v) is 17.0. The number of nitrogens with zero attached hydrogens (tertiary/aromatic N) is 1. The quantitative estimate of drug-likeness (QED) is 0.574. The Morgan fingerprint density at radius 3 is 2.21 bits per heavy atom. The standard InChI is InChI=1S/C23H37N/c1-16-8-9-20(5)23(14-16)11-10-22(6,7)24(15-23)21-18(3)12-17(2)13-19(21)4/h12-13,16,20H,8-11,14-15H2,1-7H3. The summed E-state index contributed by atoms with van der Waals surface area (Å²) < 4.78 is 0. The van der Waals surface area contributed by atoms with Crippen molar-refractivity contribution in [2.24, 2.45) is 17.3 Å². The Hall–Kier alpha value is -0.980. The minimum absolute atomic E-state index is 0.260. The van der Waals surface area contributed by atoms with Crippen LogP contribution in [0.15, 0.2) is 12.1 Å². The van der Waals surface area contributed by atoms with Crippen molar-refractivity contribution in [1.82, 2.24) is 0 Å². The predicted octanol–water partition coefficient (Wildman–Crippen LogP) is 6.43. The van der Waals surface area contributed by atoms with Gasteiger partial charge in [0.25, 0.3) is 0 Å². The third-order valence-corrected chi connectivity index (χ3v) is 7.24. The van der Waals surface area contributed by atoms with Crippen LogP contribution in [0.3, 0.4) is 0 Å². The molecule has 0 bridgehead atoms. The van der Waals surface area contributed by atoms with E-state index >= 15 is 0 Å². The van der Waals surface area contributed by atoms with Crippen LogP contribution in [-0.2, 0) is 0 Å². The van der Waals surface area contributed by atoms with Crippen LogP contribution >= 0.6 is 0 Å². The van der Waals surface area contributed by atoms with E-state index in [2.05, 4.69) is 65.5 Å². The summed E-state index contributed by atoms with van der Waals surface area (Å²) in [6.07, 6.45) is 6.99. The van der Waals surface area contributed by atoms with Crippen molar-refractivity contribution < 1.29 is 0 Å². The molecule has 2 aliphatic rings. The normalized spacial score (nSPS) is 33.0. The van der Waals surface area contributed by atoms with Crippen LogP contribution in [-0.4, -0.2) is 12.1 Å². The van der Waals surface area contributed by atoms with Gasteiger partial charge in [-0.15, -0.1) is 0 Å². The third-order valence-electron chi connectivity index (χ3n) is 7.24. The molecule has 0 radical (unpaired) electrons. The summed E-state index contributed by atoms with van der Waals surface area (Å²) in [6.45, 7) is 18.0. The van der Waals surface area contributed by atoms with E-state index in [0.29, 0.717) is 5.41 Å². The number of hydrogen-bond donors (Lipinski definition) is 0. The fourth-order valence-corrected chi connectivity index (χ4v) is 5.68. The summed E-state index contributed by atoms with van der Waals surface area (Å²) in [5.74, 6) is 1.75. The number of hydrogen-bond acceptors (Lipinski definition) is 1. The third kappa shape index (κ3) is 3.00. The summed E-state index contributed by atoms with van der Waals surface area (Å²) in [6, 6.07) is 4.74. The van der Waals surface area contributed by atoms with E-state index in [4.69, 9.17) is 0 Å². The van der Waals surface area contributed by atoms with Crippen molar-refractivity contribution in [3.63, 3.8) is 0 Å². The highest BCUT2D eigenvalue weighted by Crippen LogP contribution is 2.53. The molecule has 2 fully saturated rings. The van der Waals surface area contributed by atoms with Crippen LogP contribution in [0, 0.1) is 38.0 Å². The second-order valence-corrected chi connectivity index (χ2v) is 9.80. The van der Waals surface area contributed by atoms with Crippen molar-refractivity contribution in [2.45, 2.75) is 86.1 Å². The highest BCUT2D eigenvalue weighted by molar-refractivity contribution is 5.62. The van der Waals surface area contributed by atoms with Gasteiger partial charge in [0, 0.05) is 17.8 Å². The van der Waals surface area contributed by atoms with Gasteiger partial charge in [-0.1, -0.05) is 38.0 Å². The summed E-state index contributed by atoms with van der Waals surface area (Å²) in [5, 5.41) is 0. The Bertz CT molecular complexity index is 591. The highest BCUT2D eigenvalue weighted by Gasteiger charge is 2.48. The average molecular weight is 328 g/mol. The van der Waals surface area contributed by atoms with Gasteiger partial charge in [0.05, 0.1) is 0 Å². The molecule has 1 aliphatic heterocycles. The number of rotatable bonds is 1. The molecular weight excluding hydrogens is 290 g/mol. The first-order chi connectivity index (χ1) is 11.1. The lowest BCUT2D eigenvalue weighted by molar-refractivity contribution is 0.0369. The van der Waals surface area contributed by atoms with Gasteiger partial charge in [-0.3, -0.25) is 0 Å². The van der Waals surface area contributed by atoms with E-state index in [1.165, 1.54) is 61.0 Å². The molecule has 3 unspecified atom stereocenters. The summed E-state index contributed by atoms with van der Waals surface area (Å²) in [7, 11) is 0. The molecule has 3 rings (SSSR count).